The molecule has 0 aromatic rings. The number of aliphatic hydroxyl groups is 1. The summed E-state index contributed by atoms with van der Waals surface area (Å²) in [4.78, 5) is 24.9. The lowest BCUT2D eigenvalue weighted by Crippen LogP contribution is -2.51. The van der Waals surface area contributed by atoms with Crippen molar-refractivity contribution < 1.29 is 24.2 Å². The van der Waals surface area contributed by atoms with E-state index in [4.69, 9.17) is 15.2 Å². The number of carbonyl (C=O) groups is 2. The summed E-state index contributed by atoms with van der Waals surface area (Å²) in [5, 5.41) is 11.1. The quantitative estimate of drug-likeness (QED) is 0.0493. The van der Waals surface area contributed by atoms with E-state index in [0.717, 1.165) is 38.5 Å². The van der Waals surface area contributed by atoms with Crippen molar-refractivity contribution in [2.45, 2.75) is 257 Å². The summed E-state index contributed by atoms with van der Waals surface area (Å²) in [6.45, 7) is 7.93. The molecule has 3 unspecified atom stereocenters. The minimum atomic E-state index is -1.43. The molecule has 49 heavy (non-hydrogen) atoms. The molecule has 0 aromatic carbocycles. The van der Waals surface area contributed by atoms with Crippen molar-refractivity contribution in [1.82, 2.24) is 0 Å². The van der Waals surface area contributed by atoms with E-state index in [2.05, 4.69) is 13.8 Å². The molecule has 0 aliphatic carbocycles. The highest BCUT2D eigenvalue weighted by molar-refractivity contribution is 5.70. The van der Waals surface area contributed by atoms with Gasteiger partial charge in [0.05, 0.1) is 0 Å². The Labute approximate surface area is 305 Å². The van der Waals surface area contributed by atoms with Crippen LogP contribution >= 0.6 is 0 Å². The van der Waals surface area contributed by atoms with Crippen molar-refractivity contribution in [1.29, 1.82) is 0 Å². The Morgan fingerprint density at radius 3 is 1.04 bits per heavy atom. The van der Waals surface area contributed by atoms with Crippen molar-refractivity contribution in [3.8, 4) is 0 Å². The van der Waals surface area contributed by atoms with Crippen LogP contribution in [0.4, 0.5) is 0 Å². The van der Waals surface area contributed by atoms with Crippen LogP contribution in [-0.4, -0.2) is 41.4 Å². The SMILES string of the molecule is CCCCCCCCCCCCCCCCCC(=O)OC(C)CC(O)(CN)C(C)OC(=O)CCCCCCCCCCCCCCCCC. The van der Waals surface area contributed by atoms with Crippen molar-refractivity contribution >= 4 is 11.9 Å². The van der Waals surface area contributed by atoms with E-state index >= 15 is 0 Å². The van der Waals surface area contributed by atoms with Crippen molar-refractivity contribution in [3.05, 3.63) is 0 Å². The molecule has 292 valence electrons. The van der Waals surface area contributed by atoms with E-state index in [1.807, 2.05) is 0 Å². The van der Waals surface area contributed by atoms with E-state index in [0.29, 0.717) is 12.8 Å². The number of ether oxygens (including phenoxy) is 2. The third-order valence-electron chi connectivity index (χ3n) is 10.4. The number of carbonyl (C=O) groups excluding carboxylic acids is 2. The molecule has 0 bridgehead atoms. The fraction of sp³-hybridized carbons (Fsp3) is 0.953. The maximum absolute atomic E-state index is 12.5. The average molecular weight is 696 g/mol. The smallest absolute Gasteiger partial charge is 0.306 e. The molecular formula is C43H85NO5. The summed E-state index contributed by atoms with van der Waals surface area (Å²) >= 11 is 0. The molecule has 6 heteroatoms. The van der Waals surface area contributed by atoms with Gasteiger partial charge in [-0.1, -0.05) is 194 Å². The lowest BCUT2D eigenvalue weighted by molar-refractivity contribution is -0.170. The van der Waals surface area contributed by atoms with Gasteiger partial charge in [0.25, 0.3) is 0 Å². The second-order valence-corrected chi connectivity index (χ2v) is 15.3. The van der Waals surface area contributed by atoms with Crippen molar-refractivity contribution in [3.63, 3.8) is 0 Å². The second-order valence-electron chi connectivity index (χ2n) is 15.3. The highest BCUT2D eigenvalue weighted by Crippen LogP contribution is 2.23. The molecule has 0 saturated heterocycles. The molecule has 6 nitrogen and oxygen atoms in total. The third kappa shape index (κ3) is 31.3. The minimum Gasteiger partial charge on any atom is -0.463 e. The Balaban J connectivity index is 3.84. The maximum Gasteiger partial charge on any atom is 0.306 e. The fourth-order valence-electron chi connectivity index (χ4n) is 6.89. The molecule has 0 aliphatic heterocycles. The first kappa shape index (κ1) is 47.9. The van der Waals surface area contributed by atoms with Crippen molar-refractivity contribution in [2.24, 2.45) is 5.73 Å². The van der Waals surface area contributed by atoms with Crippen LogP contribution in [-0.2, 0) is 19.1 Å². The van der Waals surface area contributed by atoms with Gasteiger partial charge in [0, 0.05) is 25.8 Å². The van der Waals surface area contributed by atoms with Crippen LogP contribution in [0.15, 0.2) is 0 Å². The van der Waals surface area contributed by atoms with Crippen LogP contribution in [0.5, 0.6) is 0 Å². The van der Waals surface area contributed by atoms with Gasteiger partial charge >= 0.3 is 11.9 Å². The van der Waals surface area contributed by atoms with Gasteiger partial charge in [0.2, 0.25) is 0 Å². The largest absolute Gasteiger partial charge is 0.463 e. The van der Waals surface area contributed by atoms with Gasteiger partial charge in [-0.05, 0) is 26.7 Å². The number of nitrogens with two attached hydrogens (primary N) is 1. The van der Waals surface area contributed by atoms with Gasteiger partial charge in [0.15, 0.2) is 0 Å². The van der Waals surface area contributed by atoms with E-state index in [9.17, 15) is 14.7 Å². The highest BCUT2D eigenvalue weighted by Gasteiger charge is 2.37. The Bertz CT molecular complexity index is 731. The lowest BCUT2D eigenvalue weighted by atomic mass is 9.91. The topological polar surface area (TPSA) is 98.8 Å². The molecule has 0 radical (unpaired) electrons. The number of esters is 2. The second kappa shape index (κ2) is 35.3. The summed E-state index contributed by atoms with van der Waals surface area (Å²) < 4.78 is 11.2. The van der Waals surface area contributed by atoms with Gasteiger partial charge in [-0.2, -0.15) is 0 Å². The molecule has 0 spiro atoms. The molecule has 0 saturated carbocycles. The standard InChI is InChI=1S/C43H85NO5/c1-5-7-9-11-13-15-17-19-21-23-25-27-29-31-33-35-41(45)48-39(3)37-43(47,38-44)40(4)49-42(46)36-34-32-30-28-26-24-22-20-18-16-14-12-10-8-6-2/h39-40,47H,5-38,44H2,1-4H3. The monoisotopic (exact) mass is 696 g/mol. The van der Waals surface area contributed by atoms with E-state index in [-0.39, 0.29) is 24.9 Å². The highest BCUT2D eigenvalue weighted by atomic mass is 16.6. The van der Waals surface area contributed by atoms with E-state index in [1.165, 1.54) is 154 Å². The number of hydrogen-bond acceptors (Lipinski definition) is 6. The summed E-state index contributed by atoms with van der Waals surface area (Å²) in [5.41, 5.74) is 4.48. The summed E-state index contributed by atoms with van der Waals surface area (Å²) in [7, 11) is 0. The van der Waals surface area contributed by atoms with Crippen LogP contribution in [0.3, 0.4) is 0 Å². The van der Waals surface area contributed by atoms with Crippen LogP contribution in [0.1, 0.15) is 240 Å². The molecule has 0 heterocycles. The summed E-state index contributed by atoms with van der Waals surface area (Å²) in [6.07, 6.45) is 38.2. The Kier molecular flexibility index (Phi) is 34.5. The molecule has 0 aliphatic rings. The summed E-state index contributed by atoms with van der Waals surface area (Å²) in [5.74, 6) is -0.536. The first-order chi connectivity index (χ1) is 23.8. The van der Waals surface area contributed by atoms with Gasteiger partial charge in [-0.25, -0.2) is 0 Å². The van der Waals surface area contributed by atoms with Gasteiger partial charge in [-0.15, -0.1) is 0 Å². The van der Waals surface area contributed by atoms with Gasteiger partial charge < -0.3 is 20.3 Å². The molecular weight excluding hydrogens is 610 g/mol. The zero-order valence-electron chi connectivity index (χ0n) is 33.4. The van der Waals surface area contributed by atoms with Crippen LogP contribution < -0.4 is 5.73 Å². The Hall–Kier alpha value is -1.14. The van der Waals surface area contributed by atoms with E-state index < -0.39 is 17.8 Å². The van der Waals surface area contributed by atoms with Crippen LogP contribution in [0.25, 0.3) is 0 Å². The predicted molar refractivity (Wildman–Crippen MR) is 209 cm³/mol. The van der Waals surface area contributed by atoms with Gasteiger partial charge in [0.1, 0.15) is 17.8 Å². The van der Waals surface area contributed by atoms with Crippen LogP contribution in [0.2, 0.25) is 0 Å². The van der Waals surface area contributed by atoms with Crippen LogP contribution in [0, 0.1) is 0 Å². The number of unbranched alkanes of at least 4 members (excludes halogenated alkanes) is 28. The zero-order chi connectivity index (χ0) is 36.3. The number of hydrogen-bond donors (Lipinski definition) is 2. The molecule has 3 atom stereocenters. The van der Waals surface area contributed by atoms with Crippen molar-refractivity contribution in [2.75, 3.05) is 6.54 Å². The molecule has 3 N–H and O–H groups in total. The molecule has 0 amide bonds. The minimum absolute atomic E-state index is 0.0681. The molecule has 0 fully saturated rings. The molecule has 0 aromatic heterocycles. The summed E-state index contributed by atoms with van der Waals surface area (Å²) in [6, 6.07) is 0. The molecule has 0 rings (SSSR count). The van der Waals surface area contributed by atoms with E-state index in [1.54, 1.807) is 13.8 Å². The number of rotatable bonds is 38. The Morgan fingerprint density at radius 1 is 0.490 bits per heavy atom. The Morgan fingerprint density at radius 2 is 0.755 bits per heavy atom. The third-order valence-corrected chi connectivity index (χ3v) is 10.4. The van der Waals surface area contributed by atoms with Gasteiger partial charge in [-0.3, -0.25) is 9.59 Å². The average Bonchev–Trinajstić information content (AvgIpc) is 3.08. The fourth-order valence-corrected chi connectivity index (χ4v) is 6.89. The predicted octanol–water partition coefficient (Wildman–Crippen LogP) is 12.5. The normalized spacial score (nSPS) is 14.0. The maximum atomic E-state index is 12.5. The first-order valence-corrected chi connectivity index (χ1v) is 21.6. The lowest BCUT2D eigenvalue weighted by Gasteiger charge is -2.34. The zero-order valence-corrected chi connectivity index (χ0v) is 33.4. The first-order valence-electron chi connectivity index (χ1n) is 21.6.